The van der Waals surface area contributed by atoms with Crippen molar-refractivity contribution in [2.24, 2.45) is 0 Å². The average Bonchev–Trinajstić information content (AvgIpc) is 2.90. The summed E-state index contributed by atoms with van der Waals surface area (Å²) in [4.78, 5) is 0. The lowest BCUT2D eigenvalue weighted by atomic mass is 10.1. The van der Waals surface area contributed by atoms with E-state index in [1.54, 1.807) is 0 Å². The van der Waals surface area contributed by atoms with Gasteiger partial charge in [-0.15, -0.1) is 0 Å². The van der Waals surface area contributed by atoms with E-state index in [0.29, 0.717) is 0 Å². The molecular weight excluding hydrogens is 244 g/mol. The van der Waals surface area contributed by atoms with Gasteiger partial charge in [-0.3, -0.25) is 0 Å². The van der Waals surface area contributed by atoms with Gasteiger partial charge >= 0.3 is 0 Å². The average molecular weight is 260 g/mol. The van der Waals surface area contributed by atoms with Gasteiger partial charge in [0.25, 0.3) is 0 Å². The van der Waals surface area contributed by atoms with E-state index in [9.17, 15) is 0 Å². The molecule has 0 saturated carbocycles. The molecule has 20 heavy (non-hydrogen) atoms. The molecule has 0 aliphatic carbocycles. The molecule has 0 fully saturated rings. The summed E-state index contributed by atoms with van der Waals surface area (Å²) in [6.45, 7) is 2.98. The van der Waals surface area contributed by atoms with E-state index in [-0.39, 0.29) is 0 Å². The summed E-state index contributed by atoms with van der Waals surface area (Å²) < 4.78 is 2.27. The SMILES string of the molecule is CCc1cccc2ccn(Cc3cccc(C#N)c3)c12. The molecule has 0 atom stereocenters. The number of rotatable bonds is 3. The topological polar surface area (TPSA) is 28.7 Å². The first-order valence-corrected chi connectivity index (χ1v) is 6.87. The first kappa shape index (κ1) is 12.5. The molecular formula is C18H16N2. The van der Waals surface area contributed by atoms with Crippen LogP contribution in [0.15, 0.2) is 54.7 Å². The molecule has 1 aromatic heterocycles. The Morgan fingerprint density at radius 3 is 2.75 bits per heavy atom. The van der Waals surface area contributed by atoms with Gasteiger partial charge in [0, 0.05) is 12.7 Å². The van der Waals surface area contributed by atoms with Crippen LogP contribution in [0.3, 0.4) is 0 Å². The zero-order valence-electron chi connectivity index (χ0n) is 11.5. The van der Waals surface area contributed by atoms with Crippen molar-refractivity contribution in [2.45, 2.75) is 19.9 Å². The van der Waals surface area contributed by atoms with Crippen LogP contribution in [0.2, 0.25) is 0 Å². The zero-order chi connectivity index (χ0) is 13.9. The van der Waals surface area contributed by atoms with Crippen LogP contribution in [0, 0.1) is 11.3 Å². The Hall–Kier alpha value is -2.53. The molecule has 0 bridgehead atoms. The molecule has 0 spiro atoms. The third-order valence-electron chi connectivity index (χ3n) is 3.66. The minimum Gasteiger partial charge on any atom is -0.343 e. The number of para-hydroxylation sites is 1. The highest BCUT2D eigenvalue weighted by molar-refractivity contribution is 5.83. The summed E-state index contributed by atoms with van der Waals surface area (Å²) in [6.07, 6.45) is 3.16. The van der Waals surface area contributed by atoms with Gasteiger partial charge < -0.3 is 4.57 Å². The Balaban J connectivity index is 2.05. The Morgan fingerprint density at radius 1 is 1.10 bits per heavy atom. The zero-order valence-corrected chi connectivity index (χ0v) is 11.5. The third kappa shape index (κ3) is 2.19. The minimum absolute atomic E-state index is 0.717. The van der Waals surface area contributed by atoms with Gasteiger partial charge in [-0.2, -0.15) is 5.26 Å². The van der Waals surface area contributed by atoms with Crippen LogP contribution in [0.4, 0.5) is 0 Å². The fourth-order valence-electron chi connectivity index (χ4n) is 2.69. The smallest absolute Gasteiger partial charge is 0.0991 e. The van der Waals surface area contributed by atoms with Gasteiger partial charge in [0.1, 0.15) is 0 Å². The first-order chi connectivity index (χ1) is 9.81. The van der Waals surface area contributed by atoms with Crippen LogP contribution >= 0.6 is 0 Å². The van der Waals surface area contributed by atoms with Gasteiger partial charge in [0.2, 0.25) is 0 Å². The van der Waals surface area contributed by atoms with Crippen molar-refractivity contribution in [2.75, 3.05) is 0 Å². The van der Waals surface area contributed by atoms with Crippen molar-refractivity contribution in [1.82, 2.24) is 4.57 Å². The van der Waals surface area contributed by atoms with Crippen LogP contribution < -0.4 is 0 Å². The molecule has 0 N–H and O–H groups in total. The maximum atomic E-state index is 8.99. The highest BCUT2D eigenvalue weighted by Crippen LogP contribution is 2.22. The van der Waals surface area contributed by atoms with Crippen molar-refractivity contribution in [3.8, 4) is 6.07 Å². The number of nitrogens with zero attached hydrogens (tertiary/aromatic N) is 2. The fraction of sp³-hybridized carbons (Fsp3) is 0.167. The van der Waals surface area contributed by atoms with Crippen LogP contribution in [-0.4, -0.2) is 4.57 Å². The number of benzene rings is 2. The van der Waals surface area contributed by atoms with E-state index in [2.05, 4.69) is 54.1 Å². The molecule has 0 saturated heterocycles. The number of hydrogen-bond acceptors (Lipinski definition) is 1. The second-order valence-corrected chi connectivity index (χ2v) is 4.96. The van der Waals surface area contributed by atoms with Crippen molar-refractivity contribution in [3.05, 3.63) is 71.4 Å². The lowest BCUT2D eigenvalue weighted by molar-refractivity contribution is 0.831. The number of aryl methyl sites for hydroxylation is 1. The van der Waals surface area contributed by atoms with Crippen LogP contribution in [0.25, 0.3) is 10.9 Å². The normalized spacial score (nSPS) is 10.6. The van der Waals surface area contributed by atoms with Crippen LogP contribution in [-0.2, 0) is 13.0 Å². The molecule has 1 heterocycles. The molecule has 0 radical (unpaired) electrons. The summed E-state index contributed by atoms with van der Waals surface area (Å²) >= 11 is 0. The predicted molar refractivity (Wildman–Crippen MR) is 81.6 cm³/mol. The molecule has 2 heteroatoms. The van der Waals surface area contributed by atoms with Gasteiger partial charge in [-0.25, -0.2) is 0 Å². The van der Waals surface area contributed by atoms with E-state index in [0.717, 1.165) is 24.1 Å². The van der Waals surface area contributed by atoms with Crippen molar-refractivity contribution in [1.29, 1.82) is 5.26 Å². The summed E-state index contributed by atoms with van der Waals surface area (Å²) in [5.74, 6) is 0. The van der Waals surface area contributed by atoms with E-state index < -0.39 is 0 Å². The Kier molecular flexibility index (Phi) is 3.26. The Labute approximate surface area is 118 Å². The number of nitriles is 1. The quantitative estimate of drug-likeness (QED) is 0.696. The standard InChI is InChI=1S/C18H16N2/c1-2-16-7-4-8-17-9-10-20(18(16)17)13-15-6-3-5-14(11-15)12-19/h3-11H,2,13H2,1H3. The minimum atomic E-state index is 0.717. The van der Waals surface area contributed by atoms with E-state index in [1.807, 2.05) is 18.2 Å². The maximum absolute atomic E-state index is 8.99. The van der Waals surface area contributed by atoms with E-state index in [1.165, 1.54) is 16.5 Å². The molecule has 0 unspecified atom stereocenters. The second kappa shape index (κ2) is 5.22. The van der Waals surface area contributed by atoms with Gasteiger partial charge in [-0.1, -0.05) is 37.3 Å². The largest absolute Gasteiger partial charge is 0.343 e. The first-order valence-electron chi connectivity index (χ1n) is 6.87. The second-order valence-electron chi connectivity index (χ2n) is 4.96. The van der Waals surface area contributed by atoms with Crippen molar-refractivity contribution >= 4 is 10.9 Å². The molecule has 2 aromatic carbocycles. The van der Waals surface area contributed by atoms with Gasteiger partial charge in [-0.05, 0) is 41.1 Å². The fourth-order valence-corrected chi connectivity index (χ4v) is 2.69. The third-order valence-corrected chi connectivity index (χ3v) is 3.66. The van der Waals surface area contributed by atoms with Crippen LogP contribution in [0.1, 0.15) is 23.6 Å². The number of aromatic nitrogens is 1. The van der Waals surface area contributed by atoms with Crippen molar-refractivity contribution in [3.63, 3.8) is 0 Å². The van der Waals surface area contributed by atoms with Crippen LogP contribution in [0.5, 0.6) is 0 Å². The molecule has 3 rings (SSSR count). The number of fused-ring (bicyclic) bond motifs is 1. The molecule has 98 valence electrons. The maximum Gasteiger partial charge on any atom is 0.0991 e. The molecule has 2 nitrogen and oxygen atoms in total. The summed E-state index contributed by atoms with van der Waals surface area (Å²) in [5.41, 5.74) is 4.54. The number of hydrogen-bond donors (Lipinski definition) is 0. The molecule has 0 amide bonds. The Bertz CT molecular complexity index is 791. The van der Waals surface area contributed by atoms with E-state index >= 15 is 0 Å². The Morgan fingerprint density at radius 2 is 1.95 bits per heavy atom. The highest BCUT2D eigenvalue weighted by atomic mass is 15.0. The highest BCUT2D eigenvalue weighted by Gasteiger charge is 2.06. The van der Waals surface area contributed by atoms with E-state index in [4.69, 9.17) is 5.26 Å². The molecule has 0 aliphatic rings. The monoisotopic (exact) mass is 260 g/mol. The summed E-state index contributed by atoms with van der Waals surface area (Å²) in [6, 6.07) is 18.6. The van der Waals surface area contributed by atoms with Gasteiger partial charge in [0.15, 0.2) is 0 Å². The summed E-state index contributed by atoms with van der Waals surface area (Å²) in [5, 5.41) is 10.3. The summed E-state index contributed by atoms with van der Waals surface area (Å²) in [7, 11) is 0. The lowest BCUT2D eigenvalue weighted by Crippen LogP contribution is -2.00. The van der Waals surface area contributed by atoms with Gasteiger partial charge in [0.05, 0.1) is 17.1 Å². The predicted octanol–water partition coefficient (Wildman–Crippen LogP) is 4.12. The molecule has 0 aliphatic heterocycles. The lowest BCUT2D eigenvalue weighted by Gasteiger charge is -2.09. The van der Waals surface area contributed by atoms with Crippen molar-refractivity contribution < 1.29 is 0 Å². The molecule has 3 aromatic rings.